The van der Waals surface area contributed by atoms with Gasteiger partial charge in [0.15, 0.2) is 0 Å². The Morgan fingerprint density at radius 3 is 2.35 bits per heavy atom. The molecule has 0 fully saturated rings. The van der Waals surface area contributed by atoms with E-state index in [9.17, 15) is 9.59 Å². The summed E-state index contributed by atoms with van der Waals surface area (Å²) in [4.78, 5) is 26.0. The van der Waals surface area contributed by atoms with Crippen molar-refractivity contribution >= 4 is 16.8 Å². The monoisotopic (exact) mass is 415 g/mol. The molecule has 158 valence electrons. The molecule has 0 saturated carbocycles. The first-order valence-electron chi connectivity index (χ1n) is 10.2. The molecule has 0 radical (unpaired) electrons. The van der Waals surface area contributed by atoms with E-state index in [1.54, 1.807) is 18.5 Å². The number of aryl methyl sites for hydroxylation is 3. The highest BCUT2D eigenvalue weighted by atomic mass is 16.2. The van der Waals surface area contributed by atoms with Crippen LogP contribution in [0.15, 0.2) is 59.4 Å². The second kappa shape index (κ2) is 8.18. The van der Waals surface area contributed by atoms with Crippen LogP contribution >= 0.6 is 0 Å². The van der Waals surface area contributed by atoms with E-state index in [1.165, 1.54) is 4.68 Å². The maximum Gasteiger partial charge on any atom is 0.278 e. The molecule has 1 atom stereocenters. The standard InChI is InChI=1S/C24H25N5O2/c1-15-10-12-19(13-11-15)14-25-23(30)18(4)29-24(31)21-17(3)28(20-8-6-5-7-9-20)27-22(21)16(2)26-29/h5-13,18H,14H2,1-4H3,(H,25,30). The maximum atomic E-state index is 13.3. The van der Waals surface area contributed by atoms with E-state index >= 15 is 0 Å². The van der Waals surface area contributed by atoms with Crippen LogP contribution in [0.25, 0.3) is 16.6 Å². The number of hydrogen-bond acceptors (Lipinski definition) is 4. The largest absolute Gasteiger partial charge is 0.350 e. The van der Waals surface area contributed by atoms with Gasteiger partial charge >= 0.3 is 0 Å². The van der Waals surface area contributed by atoms with E-state index in [0.717, 1.165) is 22.5 Å². The Bertz CT molecular complexity index is 1300. The second-order valence-corrected chi connectivity index (χ2v) is 7.77. The number of aromatic nitrogens is 4. The molecule has 7 nitrogen and oxygen atoms in total. The molecule has 0 aliphatic rings. The molecule has 2 aromatic heterocycles. The van der Waals surface area contributed by atoms with Gasteiger partial charge in [-0.25, -0.2) is 9.36 Å². The number of para-hydroxylation sites is 1. The molecule has 0 aliphatic heterocycles. The van der Waals surface area contributed by atoms with Crippen molar-refractivity contribution in [1.82, 2.24) is 24.9 Å². The number of amides is 1. The molecule has 4 aromatic rings. The van der Waals surface area contributed by atoms with E-state index in [0.29, 0.717) is 23.1 Å². The van der Waals surface area contributed by atoms with Crippen molar-refractivity contribution in [2.75, 3.05) is 0 Å². The molecular weight excluding hydrogens is 390 g/mol. The van der Waals surface area contributed by atoms with Gasteiger partial charge in [-0.1, -0.05) is 48.0 Å². The Labute approximate surface area is 180 Å². The summed E-state index contributed by atoms with van der Waals surface area (Å²) in [6.45, 7) is 7.75. The van der Waals surface area contributed by atoms with Gasteiger partial charge in [-0.2, -0.15) is 10.2 Å². The summed E-state index contributed by atoms with van der Waals surface area (Å²) in [6, 6.07) is 16.8. The van der Waals surface area contributed by atoms with Crippen LogP contribution in [0.3, 0.4) is 0 Å². The highest BCUT2D eigenvalue weighted by Gasteiger charge is 2.23. The molecule has 7 heteroatoms. The second-order valence-electron chi connectivity index (χ2n) is 7.77. The van der Waals surface area contributed by atoms with Crippen molar-refractivity contribution in [1.29, 1.82) is 0 Å². The van der Waals surface area contributed by atoms with Crippen LogP contribution in [0.5, 0.6) is 0 Å². The van der Waals surface area contributed by atoms with Gasteiger partial charge in [-0.05, 0) is 45.4 Å². The van der Waals surface area contributed by atoms with Gasteiger partial charge in [0, 0.05) is 6.54 Å². The topological polar surface area (TPSA) is 81.8 Å². The maximum absolute atomic E-state index is 13.3. The van der Waals surface area contributed by atoms with Crippen molar-refractivity contribution in [3.05, 3.63) is 87.5 Å². The highest BCUT2D eigenvalue weighted by Crippen LogP contribution is 2.20. The molecule has 31 heavy (non-hydrogen) atoms. The number of hydrogen-bond donors (Lipinski definition) is 1. The predicted molar refractivity (Wildman–Crippen MR) is 120 cm³/mol. The summed E-state index contributed by atoms with van der Waals surface area (Å²) >= 11 is 0. The van der Waals surface area contributed by atoms with Crippen LogP contribution in [0, 0.1) is 20.8 Å². The van der Waals surface area contributed by atoms with Crippen LogP contribution in [-0.2, 0) is 11.3 Å². The number of rotatable bonds is 5. The highest BCUT2D eigenvalue weighted by molar-refractivity contribution is 5.84. The number of carbonyl (C=O) groups excluding carboxylic acids is 1. The lowest BCUT2D eigenvalue weighted by molar-refractivity contribution is -0.124. The fourth-order valence-electron chi connectivity index (χ4n) is 3.62. The third kappa shape index (κ3) is 3.86. The van der Waals surface area contributed by atoms with Crippen LogP contribution in [-0.4, -0.2) is 25.5 Å². The molecule has 1 amide bonds. The van der Waals surface area contributed by atoms with Gasteiger partial charge in [0.05, 0.1) is 22.5 Å². The lowest BCUT2D eigenvalue weighted by atomic mass is 10.1. The van der Waals surface area contributed by atoms with Crippen molar-refractivity contribution in [2.24, 2.45) is 0 Å². The smallest absolute Gasteiger partial charge is 0.278 e. The van der Waals surface area contributed by atoms with Gasteiger partial charge in [-0.15, -0.1) is 0 Å². The zero-order valence-electron chi connectivity index (χ0n) is 18.1. The first-order valence-corrected chi connectivity index (χ1v) is 10.2. The minimum absolute atomic E-state index is 0.262. The molecule has 2 aromatic carbocycles. The number of nitrogens with one attached hydrogen (secondary N) is 1. The number of fused-ring (bicyclic) bond motifs is 1. The lowest BCUT2D eigenvalue weighted by Gasteiger charge is -2.15. The summed E-state index contributed by atoms with van der Waals surface area (Å²) in [5.41, 5.74) is 4.58. The number of benzene rings is 2. The van der Waals surface area contributed by atoms with Crippen LogP contribution in [0.4, 0.5) is 0 Å². The summed E-state index contributed by atoms with van der Waals surface area (Å²) in [5, 5.41) is 12.4. The van der Waals surface area contributed by atoms with E-state index in [1.807, 2.05) is 68.4 Å². The minimum atomic E-state index is -0.750. The van der Waals surface area contributed by atoms with Gasteiger partial charge in [0.1, 0.15) is 11.6 Å². The third-order valence-electron chi connectivity index (χ3n) is 5.47. The van der Waals surface area contributed by atoms with E-state index in [-0.39, 0.29) is 11.5 Å². The fourth-order valence-corrected chi connectivity index (χ4v) is 3.62. The summed E-state index contributed by atoms with van der Waals surface area (Å²) in [6.07, 6.45) is 0. The molecule has 0 saturated heterocycles. The molecule has 0 aliphatic carbocycles. The van der Waals surface area contributed by atoms with Crippen molar-refractivity contribution in [3.8, 4) is 5.69 Å². The molecule has 0 bridgehead atoms. The fraction of sp³-hybridized carbons (Fsp3) is 0.250. The van der Waals surface area contributed by atoms with Gasteiger partial charge in [-0.3, -0.25) is 9.59 Å². The molecule has 1 unspecified atom stereocenters. The van der Waals surface area contributed by atoms with Crippen molar-refractivity contribution in [2.45, 2.75) is 40.3 Å². The molecule has 2 heterocycles. The van der Waals surface area contributed by atoms with E-state index < -0.39 is 6.04 Å². The number of nitrogens with zero attached hydrogens (tertiary/aromatic N) is 4. The summed E-state index contributed by atoms with van der Waals surface area (Å²) < 4.78 is 3.00. The quantitative estimate of drug-likeness (QED) is 0.542. The first-order chi connectivity index (χ1) is 14.9. The lowest BCUT2D eigenvalue weighted by Crippen LogP contribution is -2.37. The SMILES string of the molecule is Cc1ccc(CNC(=O)C(C)n2nc(C)c3nn(-c4ccccc4)c(C)c3c2=O)cc1. The zero-order chi connectivity index (χ0) is 22.1. The third-order valence-corrected chi connectivity index (χ3v) is 5.47. The normalized spacial score (nSPS) is 12.1. The van der Waals surface area contributed by atoms with Crippen molar-refractivity contribution in [3.63, 3.8) is 0 Å². The summed E-state index contributed by atoms with van der Waals surface area (Å²) in [7, 11) is 0. The Balaban J connectivity index is 1.66. The average molecular weight is 415 g/mol. The van der Waals surface area contributed by atoms with Crippen LogP contribution in [0.2, 0.25) is 0 Å². The molecule has 4 rings (SSSR count). The van der Waals surface area contributed by atoms with Gasteiger partial charge in [0.25, 0.3) is 5.56 Å². The first kappa shape index (κ1) is 20.5. The van der Waals surface area contributed by atoms with Crippen LogP contribution < -0.4 is 10.9 Å². The minimum Gasteiger partial charge on any atom is -0.350 e. The number of carbonyl (C=O) groups is 1. The molecule has 1 N–H and O–H groups in total. The molecular formula is C24H25N5O2. The average Bonchev–Trinajstić information content (AvgIpc) is 3.14. The summed E-state index contributed by atoms with van der Waals surface area (Å²) in [5.74, 6) is -0.262. The van der Waals surface area contributed by atoms with E-state index in [4.69, 9.17) is 0 Å². The van der Waals surface area contributed by atoms with Crippen molar-refractivity contribution < 1.29 is 4.79 Å². The van der Waals surface area contributed by atoms with Gasteiger partial charge in [0.2, 0.25) is 5.91 Å². The Kier molecular flexibility index (Phi) is 5.42. The Hall–Kier alpha value is -3.74. The predicted octanol–water partition coefficient (Wildman–Crippen LogP) is 3.38. The Morgan fingerprint density at radius 2 is 1.68 bits per heavy atom. The van der Waals surface area contributed by atoms with Gasteiger partial charge < -0.3 is 5.32 Å². The Morgan fingerprint density at radius 1 is 1.00 bits per heavy atom. The zero-order valence-corrected chi connectivity index (χ0v) is 18.1. The van der Waals surface area contributed by atoms with E-state index in [2.05, 4.69) is 15.5 Å². The molecule has 0 spiro atoms. The van der Waals surface area contributed by atoms with Crippen LogP contribution in [0.1, 0.15) is 35.5 Å².